The van der Waals surface area contributed by atoms with Gasteiger partial charge in [0.2, 0.25) is 0 Å². The molecule has 1 rings (SSSR count). The topological polar surface area (TPSA) is 32.3 Å². The minimum absolute atomic E-state index is 0.0583. The van der Waals surface area contributed by atoms with Crippen molar-refractivity contribution in [3.05, 3.63) is 0 Å². The molecule has 0 radical (unpaired) electrons. The van der Waals surface area contributed by atoms with E-state index in [0.29, 0.717) is 0 Å². The molecule has 1 heterocycles. The molecule has 1 aliphatic rings. The van der Waals surface area contributed by atoms with Crippen molar-refractivity contribution in [1.29, 1.82) is 0 Å². The van der Waals surface area contributed by atoms with E-state index in [0.717, 1.165) is 0 Å². The Morgan fingerprint density at radius 2 is 2.27 bits per heavy atom. The smallest absolute Gasteiger partial charge is 0.260 e. The molecule has 1 fully saturated rings. The van der Waals surface area contributed by atoms with Crippen LogP contribution in [0.1, 0.15) is 13.3 Å². The van der Waals surface area contributed by atoms with E-state index in [1.165, 1.54) is 0 Å². The third-order valence-corrected chi connectivity index (χ3v) is 2.13. The summed E-state index contributed by atoms with van der Waals surface area (Å²) in [5.41, 5.74) is 0. The Balaban J connectivity index is 2.48. The standard InChI is InChI=1S/C7H13F2NO/c1-5-2-7(8,9)4-10-6(5)3-11/h5-6,10-11H,2-4H2,1H3. The second kappa shape index (κ2) is 3.03. The highest BCUT2D eigenvalue weighted by Crippen LogP contribution is 2.28. The summed E-state index contributed by atoms with van der Waals surface area (Å²) >= 11 is 0. The molecule has 1 aliphatic heterocycles. The Labute approximate surface area is 64.6 Å². The van der Waals surface area contributed by atoms with Crippen LogP contribution >= 0.6 is 0 Å². The maximum atomic E-state index is 12.6. The second-order valence-electron chi connectivity index (χ2n) is 3.21. The minimum atomic E-state index is -2.59. The highest BCUT2D eigenvalue weighted by atomic mass is 19.3. The molecular weight excluding hydrogens is 152 g/mol. The zero-order valence-electron chi connectivity index (χ0n) is 6.48. The molecule has 2 N–H and O–H groups in total. The summed E-state index contributed by atoms with van der Waals surface area (Å²) in [7, 11) is 0. The van der Waals surface area contributed by atoms with E-state index in [1.807, 2.05) is 0 Å². The van der Waals surface area contributed by atoms with Crippen LogP contribution in [0.25, 0.3) is 0 Å². The van der Waals surface area contributed by atoms with E-state index in [1.54, 1.807) is 6.92 Å². The summed E-state index contributed by atoms with van der Waals surface area (Å²) in [6.45, 7) is 1.36. The number of hydrogen-bond donors (Lipinski definition) is 2. The van der Waals surface area contributed by atoms with Crippen LogP contribution in [0.5, 0.6) is 0 Å². The van der Waals surface area contributed by atoms with Gasteiger partial charge in [-0.15, -0.1) is 0 Å². The first-order valence-electron chi connectivity index (χ1n) is 3.77. The third kappa shape index (κ3) is 2.10. The predicted octanol–water partition coefficient (Wildman–Crippen LogP) is 0.612. The molecule has 2 nitrogen and oxygen atoms in total. The Kier molecular flexibility index (Phi) is 2.44. The molecule has 0 aliphatic carbocycles. The zero-order valence-corrected chi connectivity index (χ0v) is 6.48. The normalized spacial score (nSPS) is 37.1. The number of aliphatic hydroxyl groups excluding tert-OH is 1. The second-order valence-corrected chi connectivity index (χ2v) is 3.21. The van der Waals surface area contributed by atoms with Gasteiger partial charge in [0, 0.05) is 12.5 Å². The molecule has 0 aromatic carbocycles. The fraction of sp³-hybridized carbons (Fsp3) is 1.00. The van der Waals surface area contributed by atoms with Gasteiger partial charge in [0.05, 0.1) is 13.2 Å². The molecule has 0 saturated carbocycles. The first-order valence-corrected chi connectivity index (χ1v) is 3.77. The zero-order chi connectivity index (χ0) is 8.48. The lowest BCUT2D eigenvalue weighted by atomic mass is 9.91. The van der Waals surface area contributed by atoms with Gasteiger partial charge >= 0.3 is 0 Å². The molecule has 0 spiro atoms. The van der Waals surface area contributed by atoms with E-state index in [4.69, 9.17) is 5.11 Å². The maximum Gasteiger partial charge on any atom is 0.260 e. The van der Waals surface area contributed by atoms with Crippen LogP contribution < -0.4 is 5.32 Å². The van der Waals surface area contributed by atoms with Crippen molar-refractivity contribution in [3.63, 3.8) is 0 Å². The molecule has 0 aromatic heterocycles. The predicted molar refractivity (Wildman–Crippen MR) is 37.6 cm³/mol. The number of piperidine rings is 1. The van der Waals surface area contributed by atoms with Gasteiger partial charge in [-0.2, -0.15) is 0 Å². The highest BCUT2D eigenvalue weighted by molar-refractivity contribution is 4.86. The van der Waals surface area contributed by atoms with Crippen molar-refractivity contribution in [1.82, 2.24) is 5.32 Å². The maximum absolute atomic E-state index is 12.6. The quantitative estimate of drug-likeness (QED) is 0.596. The molecule has 0 amide bonds. The fourth-order valence-electron chi connectivity index (χ4n) is 1.41. The van der Waals surface area contributed by atoms with Crippen molar-refractivity contribution in [2.45, 2.75) is 25.3 Å². The number of halogens is 2. The molecule has 2 unspecified atom stereocenters. The summed E-state index contributed by atoms with van der Waals surface area (Å²) in [5.74, 6) is -2.74. The lowest BCUT2D eigenvalue weighted by Gasteiger charge is -2.33. The summed E-state index contributed by atoms with van der Waals surface area (Å²) in [6, 6.07) is -0.158. The van der Waals surface area contributed by atoms with Crippen molar-refractivity contribution in [2.24, 2.45) is 5.92 Å². The summed E-state index contributed by atoms with van der Waals surface area (Å²) < 4.78 is 25.2. The van der Waals surface area contributed by atoms with Crippen molar-refractivity contribution >= 4 is 0 Å². The molecule has 0 aromatic rings. The van der Waals surface area contributed by atoms with Gasteiger partial charge in [0.1, 0.15) is 0 Å². The van der Waals surface area contributed by atoms with Gasteiger partial charge in [-0.3, -0.25) is 0 Å². The molecule has 11 heavy (non-hydrogen) atoms. The van der Waals surface area contributed by atoms with E-state index in [9.17, 15) is 8.78 Å². The van der Waals surface area contributed by atoms with Gasteiger partial charge < -0.3 is 10.4 Å². The van der Waals surface area contributed by atoms with Crippen LogP contribution in [0.4, 0.5) is 8.78 Å². The summed E-state index contributed by atoms with van der Waals surface area (Å²) in [4.78, 5) is 0. The molecule has 66 valence electrons. The lowest BCUT2D eigenvalue weighted by Crippen LogP contribution is -2.51. The van der Waals surface area contributed by atoms with Gasteiger partial charge in [-0.25, -0.2) is 8.78 Å². The van der Waals surface area contributed by atoms with Gasteiger partial charge in [0.25, 0.3) is 5.92 Å². The monoisotopic (exact) mass is 165 g/mol. The lowest BCUT2D eigenvalue weighted by molar-refractivity contribution is -0.0541. The van der Waals surface area contributed by atoms with E-state index >= 15 is 0 Å². The minimum Gasteiger partial charge on any atom is -0.395 e. The largest absolute Gasteiger partial charge is 0.395 e. The van der Waals surface area contributed by atoms with E-state index < -0.39 is 5.92 Å². The number of rotatable bonds is 1. The van der Waals surface area contributed by atoms with Gasteiger partial charge in [-0.05, 0) is 5.92 Å². The van der Waals surface area contributed by atoms with Gasteiger partial charge in [0.15, 0.2) is 0 Å². The molecule has 1 saturated heterocycles. The van der Waals surface area contributed by atoms with Crippen LogP contribution in [-0.2, 0) is 0 Å². The van der Waals surface area contributed by atoms with Crippen LogP contribution in [0.2, 0.25) is 0 Å². The Bertz CT molecular complexity index is 140. The van der Waals surface area contributed by atoms with Crippen molar-refractivity contribution in [3.8, 4) is 0 Å². The Morgan fingerprint density at radius 1 is 1.64 bits per heavy atom. The van der Waals surface area contributed by atoms with E-state index in [2.05, 4.69) is 5.32 Å². The molecule has 4 heteroatoms. The number of alkyl halides is 2. The SMILES string of the molecule is CC1CC(F)(F)CNC1CO. The average Bonchev–Trinajstić information content (AvgIpc) is 1.86. The molecule has 0 bridgehead atoms. The first kappa shape index (κ1) is 8.87. The Morgan fingerprint density at radius 3 is 2.73 bits per heavy atom. The first-order chi connectivity index (χ1) is 5.05. The number of nitrogens with one attached hydrogen (secondary N) is 1. The van der Waals surface area contributed by atoms with Crippen molar-refractivity contribution in [2.75, 3.05) is 13.2 Å². The molecule has 2 atom stereocenters. The average molecular weight is 165 g/mol. The van der Waals surface area contributed by atoms with E-state index in [-0.39, 0.29) is 31.5 Å². The molecular formula is C7H13F2NO. The fourth-order valence-corrected chi connectivity index (χ4v) is 1.41. The third-order valence-electron chi connectivity index (χ3n) is 2.13. The highest BCUT2D eigenvalue weighted by Gasteiger charge is 2.38. The summed E-state index contributed by atoms with van der Waals surface area (Å²) in [6.07, 6.45) is -0.120. The van der Waals surface area contributed by atoms with Crippen molar-refractivity contribution < 1.29 is 13.9 Å². The number of hydrogen-bond acceptors (Lipinski definition) is 2. The number of aliphatic hydroxyl groups is 1. The van der Waals surface area contributed by atoms with Crippen LogP contribution in [0.15, 0.2) is 0 Å². The van der Waals surface area contributed by atoms with Crippen LogP contribution in [0.3, 0.4) is 0 Å². The van der Waals surface area contributed by atoms with Crippen LogP contribution in [-0.4, -0.2) is 30.2 Å². The summed E-state index contributed by atoms with van der Waals surface area (Å²) in [5, 5.41) is 11.3. The van der Waals surface area contributed by atoms with Gasteiger partial charge in [-0.1, -0.05) is 6.92 Å². The Hall–Kier alpha value is -0.220. The van der Waals surface area contributed by atoms with Crippen LogP contribution in [0, 0.1) is 5.92 Å².